The first-order valence-corrected chi connectivity index (χ1v) is 5.21. The van der Waals surface area contributed by atoms with E-state index in [0.717, 1.165) is 6.07 Å². The van der Waals surface area contributed by atoms with Crippen LogP contribution in [0.25, 0.3) is 0 Å². The van der Waals surface area contributed by atoms with Crippen LogP contribution in [0.5, 0.6) is 0 Å². The van der Waals surface area contributed by atoms with E-state index >= 15 is 0 Å². The van der Waals surface area contributed by atoms with Crippen LogP contribution in [0, 0.1) is 10.1 Å². The monoisotopic (exact) mass is 249 g/mol. The van der Waals surface area contributed by atoms with Gasteiger partial charge in [-0.3, -0.25) is 29.5 Å². The van der Waals surface area contributed by atoms with Gasteiger partial charge in [-0.2, -0.15) is 0 Å². The molecule has 0 bridgehead atoms. The lowest BCUT2D eigenvalue weighted by atomic mass is 10.1. The van der Waals surface area contributed by atoms with Crippen molar-refractivity contribution >= 4 is 23.1 Å². The predicted molar refractivity (Wildman–Crippen MR) is 63.5 cm³/mol. The quantitative estimate of drug-likeness (QED) is 0.446. The summed E-state index contributed by atoms with van der Waals surface area (Å²) in [6.45, 7) is 0.259. The molecule has 7 nitrogen and oxygen atoms in total. The number of carbonyl (C=O) groups excluding carboxylic acids is 2. The highest BCUT2D eigenvalue weighted by atomic mass is 16.6. The molecule has 0 aliphatic carbocycles. The average molecular weight is 249 g/mol. The Morgan fingerprint density at radius 3 is 2.56 bits per heavy atom. The molecule has 0 N–H and O–H groups in total. The van der Waals surface area contributed by atoms with Crippen LogP contribution >= 0.6 is 0 Å². The van der Waals surface area contributed by atoms with Gasteiger partial charge in [-0.25, -0.2) is 0 Å². The molecule has 1 amide bonds. The Bertz CT molecular complexity index is 553. The van der Waals surface area contributed by atoms with Crippen molar-refractivity contribution in [1.29, 1.82) is 0 Å². The van der Waals surface area contributed by atoms with Crippen LogP contribution in [0.2, 0.25) is 0 Å². The second kappa shape index (κ2) is 4.19. The summed E-state index contributed by atoms with van der Waals surface area (Å²) in [6.07, 6.45) is 0. The Morgan fingerprint density at radius 1 is 1.33 bits per heavy atom. The van der Waals surface area contributed by atoms with E-state index in [2.05, 4.69) is 0 Å². The number of anilines is 1. The minimum Gasteiger partial charge on any atom is -0.292 e. The Kier molecular flexibility index (Phi) is 2.84. The zero-order valence-electron chi connectivity index (χ0n) is 9.91. The molecule has 0 atom stereocenters. The maximum Gasteiger partial charge on any atom is 0.300 e. The summed E-state index contributed by atoms with van der Waals surface area (Å²) in [5.74, 6) is -1.35. The molecule has 1 aromatic rings. The van der Waals surface area contributed by atoms with Crippen LogP contribution in [0.15, 0.2) is 18.2 Å². The highest BCUT2D eigenvalue weighted by molar-refractivity contribution is 6.52. The fourth-order valence-electron chi connectivity index (χ4n) is 1.83. The summed E-state index contributed by atoms with van der Waals surface area (Å²) in [4.78, 5) is 36.6. The molecule has 1 heterocycles. The Labute approximate surface area is 103 Å². The number of rotatable bonds is 3. The van der Waals surface area contributed by atoms with E-state index in [1.807, 2.05) is 0 Å². The van der Waals surface area contributed by atoms with Crippen molar-refractivity contribution in [1.82, 2.24) is 4.90 Å². The smallest absolute Gasteiger partial charge is 0.292 e. The van der Waals surface area contributed by atoms with E-state index in [1.165, 1.54) is 17.0 Å². The van der Waals surface area contributed by atoms with Gasteiger partial charge in [0, 0.05) is 12.1 Å². The molecule has 0 saturated heterocycles. The SMILES string of the molecule is CN(C)CN1C(=O)C(=O)c2cc([N+](=O)[O-])ccc21. The van der Waals surface area contributed by atoms with Gasteiger partial charge < -0.3 is 0 Å². The standard InChI is InChI=1S/C11H11N3O4/c1-12(2)6-13-9-4-3-7(14(17)18)5-8(9)10(15)11(13)16/h3-5H,6H2,1-2H3. The first-order chi connectivity index (χ1) is 8.41. The van der Waals surface area contributed by atoms with Crippen LogP contribution in [0.1, 0.15) is 10.4 Å². The molecule has 18 heavy (non-hydrogen) atoms. The number of non-ortho nitro benzene ring substituents is 1. The van der Waals surface area contributed by atoms with Gasteiger partial charge in [0.2, 0.25) is 0 Å². The zero-order valence-corrected chi connectivity index (χ0v) is 9.91. The van der Waals surface area contributed by atoms with Crippen LogP contribution in [-0.2, 0) is 4.79 Å². The third kappa shape index (κ3) is 1.84. The number of hydrogen-bond acceptors (Lipinski definition) is 5. The second-order valence-electron chi connectivity index (χ2n) is 4.24. The van der Waals surface area contributed by atoms with E-state index in [-0.39, 0.29) is 17.9 Å². The molecule has 1 aliphatic heterocycles. The lowest BCUT2D eigenvalue weighted by Crippen LogP contribution is -2.37. The topological polar surface area (TPSA) is 83.8 Å². The molecular formula is C11H11N3O4. The van der Waals surface area contributed by atoms with Gasteiger partial charge >= 0.3 is 5.91 Å². The van der Waals surface area contributed by atoms with Crippen LogP contribution in [0.4, 0.5) is 11.4 Å². The zero-order chi connectivity index (χ0) is 13.4. The Hall–Kier alpha value is -2.28. The van der Waals surface area contributed by atoms with Crippen LogP contribution in [-0.4, -0.2) is 42.3 Å². The van der Waals surface area contributed by atoms with E-state index in [0.29, 0.717) is 5.69 Å². The predicted octanol–water partition coefficient (Wildman–Crippen LogP) is 0.643. The van der Waals surface area contributed by atoms with Crippen molar-refractivity contribution in [3.05, 3.63) is 33.9 Å². The lowest BCUT2D eigenvalue weighted by Gasteiger charge is -2.20. The molecular weight excluding hydrogens is 238 g/mol. The van der Waals surface area contributed by atoms with E-state index < -0.39 is 16.6 Å². The number of ketones is 1. The minimum absolute atomic E-state index is 0.0936. The highest BCUT2D eigenvalue weighted by Crippen LogP contribution is 2.31. The Morgan fingerprint density at radius 2 is 2.00 bits per heavy atom. The number of nitrogens with zero attached hydrogens (tertiary/aromatic N) is 3. The first-order valence-electron chi connectivity index (χ1n) is 5.21. The summed E-state index contributed by atoms with van der Waals surface area (Å²) in [5, 5.41) is 10.6. The van der Waals surface area contributed by atoms with E-state index in [9.17, 15) is 19.7 Å². The van der Waals surface area contributed by atoms with Gasteiger partial charge in [0.15, 0.2) is 0 Å². The van der Waals surface area contributed by atoms with Crippen molar-refractivity contribution in [2.24, 2.45) is 0 Å². The normalized spacial score (nSPS) is 14.3. The van der Waals surface area contributed by atoms with Crippen LogP contribution in [0.3, 0.4) is 0 Å². The van der Waals surface area contributed by atoms with Gasteiger partial charge in [-0.1, -0.05) is 0 Å². The fourth-order valence-corrected chi connectivity index (χ4v) is 1.83. The van der Waals surface area contributed by atoms with E-state index in [4.69, 9.17) is 0 Å². The fraction of sp³-hybridized carbons (Fsp3) is 0.273. The average Bonchev–Trinajstić information content (AvgIpc) is 2.54. The molecule has 0 radical (unpaired) electrons. The van der Waals surface area contributed by atoms with Crippen molar-refractivity contribution in [3.63, 3.8) is 0 Å². The van der Waals surface area contributed by atoms with Crippen LogP contribution < -0.4 is 4.90 Å². The van der Waals surface area contributed by atoms with Crippen molar-refractivity contribution in [2.45, 2.75) is 0 Å². The molecule has 1 aliphatic rings. The number of benzene rings is 1. The van der Waals surface area contributed by atoms with Gasteiger partial charge in [0.1, 0.15) is 0 Å². The number of Topliss-reactive ketones (excluding diaryl/α,β-unsaturated/α-hetero) is 1. The molecule has 7 heteroatoms. The molecule has 94 valence electrons. The van der Waals surface area contributed by atoms with Crippen molar-refractivity contribution in [3.8, 4) is 0 Å². The molecule has 0 unspecified atom stereocenters. The molecule has 1 aromatic carbocycles. The first kappa shape index (κ1) is 12.2. The minimum atomic E-state index is -0.699. The van der Waals surface area contributed by atoms with Gasteiger partial charge in [-0.05, 0) is 20.2 Å². The number of carbonyl (C=O) groups is 2. The maximum absolute atomic E-state index is 11.8. The van der Waals surface area contributed by atoms with Crippen molar-refractivity contribution in [2.75, 3.05) is 25.7 Å². The summed E-state index contributed by atoms with van der Waals surface area (Å²) < 4.78 is 0. The molecule has 2 rings (SSSR count). The van der Waals surface area contributed by atoms with Gasteiger partial charge in [0.05, 0.1) is 22.8 Å². The van der Waals surface area contributed by atoms with Gasteiger partial charge in [-0.15, -0.1) is 0 Å². The number of amides is 1. The third-order valence-electron chi connectivity index (χ3n) is 2.59. The molecule has 0 saturated carbocycles. The number of nitro groups is 1. The summed E-state index contributed by atoms with van der Waals surface area (Å²) in [5.41, 5.74) is 0.321. The highest BCUT2D eigenvalue weighted by Gasteiger charge is 2.37. The number of fused-ring (bicyclic) bond motifs is 1. The number of hydrogen-bond donors (Lipinski definition) is 0. The van der Waals surface area contributed by atoms with Crippen molar-refractivity contribution < 1.29 is 14.5 Å². The second-order valence-corrected chi connectivity index (χ2v) is 4.24. The summed E-state index contributed by atoms with van der Waals surface area (Å²) >= 11 is 0. The molecule has 0 fully saturated rings. The maximum atomic E-state index is 11.8. The third-order valence-corrected chi connectivity index (χ3v) is 2.59. The molecule has 0 aromatic heterocycles. The molecule has 0 spiro atoms. The largest absolute Gasteiger partial charge is 0.300 e. The summed E-state index contributed by atoms with van der Waals surface area (Å²) in [6, 6.07) is 3.86. The van der Waals surface area contributed by atoms with Gasteiger partial charge in [0.25, 0.3) is 11.5 Å². The lowest BCUT2D eigenvalue weighted by molar-refractivity contribution is -0.384. The summed E-state index contributed by atoms with van der Waals surface area (Å²) in [7, 11) is 3.53. The number of nitro benzene ring substituents is 1. The Balaban J connectivity index is 2.47. The van der Waals surface area contributed by atoms with E-state index in [1.54, 1.807) is 19.0 Å².